The second-order valence-corrected chi connectivity index (χ2v) is 6.04. The quantitative estimate of drug-likeness (QED) is 0.685. The van der Waals surface area contributed by atoms with Gasteiger partial charge in [-0.15, -0.1) is 0 Å². The lowest BCUT2D eigenvalue weighted by atomic mass is 9.86. The van der Waals surface area contributed by atoms with Crippen molar-refractivity contribution in [1.82, 2.24) is 0 Å². The van der Waals surface area contributed by atoms with Gasteiger partial charge in [0.25, 0.3) is 5.78 Å². The summed E-state index contributed by atoms with van der Waals surface area (Å²) < 4.78 is 0. The number of carboxylic acid groups (broad SMARTS) is 1. The molecule has 108 valence electrons. The molecule has 0 aliphatic heterocycles. The van der Waals surface area contributed by atoms with E-state index in [9.17, 15) is 9.59 Å². The zero-order valence-electron chi connectivity index (χ0n) is 12.4. The summed E-state index contributed by atoms with van der Waals surface area (Å²) in [6.45, 7) is 6.48. The molecule has 0 heterocycles. The zero-order chi connectivity index (χ0) is 15.6. The van der Waals surface area contributed by atoms with Crippen molar-refractivity contribution in [3.05, 3.63) is 59.7 Å². The summed E-state index contributed by atoms with van der Waals surface area (Å²) >= 11 is 0. The molecular formula is C18H18O3. The Balaban J connectivity index is 2.27. The molecule has 0 radical (unpaired) electrons. The molecule has 0 unspecified atom stereocenters. The summed E-state index contributed by atoms with van der Waals surface area (Å²) in [5.74, 6) is -2.32. The molecule has 3 nitrogen and oxygen atoms in total. The first-order valence-corrected chi connectivity index (χ1v) is 6.77. The fraction of sp³-hybridized carbons (Fsp3) is 0.222. The molecule has 0 saturated carbocycles. The highest BCUT2D eigenvalue weighted by molar-refractivity contribution is 6.39. The van der Waals surface area contributed by atoms with E-state index >= 15 is 0 Å². The molecule has 0 aromatic heterocycles. The van der Waals surface area contributed by atoms with Crippen molar-refractivity contribution in [2.75, 3.05) is 0 Å². The van der Waals surface area contributed by atoms with E-state index in [0.717, 1.165) is 11.1 Å². The van der Waals surface area contributed by atoms with Gasteiger partial charge in [-0.3, -0.25) is 4.79 Å². The van der Waals surface area contributed by atoms with Crippen LogP contribution in [0.4, 0.5) is 0 Å². The predicted octanol–water partition coefficient (Wildman–Crippen LogP) is 3.92. The van der Waals surface area contributed by atoms with Crippen LogP contribution in [0, 0.1) is 0 Å². The van der Waals surface area contributed by atoms with Crippen LogP contribution in [0.15, 0.2) is 48.5 Å². The second kappa shape index (κ2) is 5.52. The number of benzene rings is 2. The number of rotatable bonds is 3. The maximum absolute atomic E-state index is 11.3. The molecule has 0 aliphatic rings. The lowest BCUT2D eigenvalue weighted by Gasteiger charge is -2.19. The van der Waals surface area contributed by atoms with Crippen molar-refractivity contribution in [2.24, 2.45) is 0 Å². The van der Waals surface area contributed by atoms with Crippen LogP contribution in [-0.2, 0) is 10.2 Å². The van der Waals surface area contributed by atoms with Crippen LogP contribution in [0.3, 0.4) is 0 Å². The van der Waals surface area contributed by atoms with Gasteiger partial charge in [-0.25, -0.2) is 4.79 Å². The highest BCUT2D eigenvalue weighted by Crippen LogP contribution is 2.26. The fourth-order valence-corrected chi connectivity index (χ4v) is 2.10. The molecule has 0 saturated heterocycles. The van der Waals surface area contributed by atoms with Gasteiger partial charge < -0.3 is 5.11 Å². The van der Waals surface area contributed by atoms with E-state index in [2.05, 4.69) is 32.9 Å². The Kier molecular flexibility index (Phi) is 3.94. The van der Waals surface area contributed by atoms with Crippen molar-refractivity contribution >= 4 is 11.8 Å². The minimum atomic E-state index is -1.43. The topological polar surface area (TPSA) is 54.4 Å². The lowest BCUT2D eigenvalue weighted by Crippen LogP contribution is -2.12. The van der Waals surface area contributed by atoms with E-state index in [0.29, 0.717) is 0 Å². The first kappa shape index (κ1) is 15.0. The van der Waals surface area contributed by atoms with Gasteiger partial charge in [0.15, 0.2) is 0 Å². The van der Waals surface area contributed by atoms with Crippen molar-refractivity contribution in [2.45, 2.75) is 26.2 Å². The molecule has 1 N–H and O–H groups in total. The summed E-state index contributed by atoms with van der Waals surface area (Å²) in [6, 6.07) is 14.9. The lowest BCUT2D eigenvalue weighted by molar-refractivity contribution is -0.131. The molecular weight excluding hydrogens is 264 g/mol. The van der Waals surface area contributed by atoms with Crippen LogP contribution in [-0.4, -0.2) is 16.9 Å². The van der Waals surface area contributed by atoms with Crippen LogP contribution in [0.5, 0.6) is 0 Å². The highest BCUT2D eigenvalue weighted by Gasteiger charge is 2.15. The number of hydrogen-bond acceptors (Lipinski definition) is 2. The van der Waals surface area contributed by atoms with Crippen molar-refractivity contribution in [3.8, 4) is 11.1 Å². The van der Waals surface area contributed by atoms with E-state index in [-0.39, 0.29) is 11.0 Å². The molecule has 0 aliphatic carbocycles. The first-order chi connectivity index (χ1) is 9.79. The molecule has 3 heteroatoms. The largest absolute Gasteiger partial charge is 0.475 e. The van der Waals surface area contributed by atoms with Crippen LogP contribution in [0.2, 0.25) is 0 Å². The van der Waals surface area contributed by atoms with E-state index in [1.807, 2.05) is 12.1 Å². The summed E-state index contributed by atoms with van der Waals surface area (Å²) in [5, 5.41) is 8.68. The molecule has 0 amide bonds. The molecule has 2 rings (SSSR count). The van der Waals surface area contributed by atoms with E-state index < -0.39 is 11.8 Å². The van der Waals surface area contributed by atoms with Gasteiger partial charge in [-0.2, -0.15) is 0 Å². The molecule has 2 aromatic rings. The Hall–Kier alpha value is -2.42. The predicted molar refractivity (Wildman–Crippen MR) is 82.5 cm³/mol. The summed E-state index contributed by atoms with van der Waals surface area (Å²) in [6.07, 6.45) is 0. The Morgan fingerprint density at radius 1 is 0.810 bits per heavy atom. The summed E-state index contributed by atoms with van der Waals surface area (Å²) in [4.78, 5) is 22.0. The highest BCUT2D eigenvalue weighted by atomic mass is 16.4. The molecule has 0 spiro atoms. The number of carbonyl (C=O) groups excluding carboxylic acids is 1. The molecule has 21 heavy (non-hydrogen) atoms. The number of carboxylic acids is 1. The average molecular weight is 282 g/mol. The SMILES string of the molecule is CC(C)(C)c1ccc(-c2ccc(C(=O)C(=O)O)cc2)cc1. The second-order valence-electron chi connectivity index (χ2n) is 6.04. The standard InChI is InChI=1S/C18H18O3/c1-18(2,3)15-10-8-13(9-11-15)12-4-6-14(7-5-12)16(19)17(20)21/h4-11H,1-3H3,(H,20,21). The minimum absolute atomic E-state index is 0.107. The molecule has 2 aromatic carbocycles. The Bertz CT molecular complexity index is 659. The number of Topliss-reactive ketones (excluding diaryl/α,β-unsaturated/α-hetero) is 1. The first-order valence-electron chi connectivity index (χ1n) is 6.77. The van der Waals surface area contributed by atoms with E-state index in [1.165, 1.54) is 5.56 Å². The van der Waals surface area contributed by atoms with Crippen molar-refractivity contribution < 1.29 is 14.7 Å². The van der Waals surface area contributed by atoms with Crippen molar-refractivity contribution in [3.63, 3.8) is 0 Å². The average Bonchev–Trinajstić information content (AvgIpc) is 2.46. The van der Waals surface area contributed by atoms with Gasteiger partial charge in [-0.1, -0.05) is 69.3 Å². The minimum Gasteiger partial charge on any atom is -0.475 e. The third-order valence-corrected chi connectivity index (χ3v) is 3.43. The van der Waals surface area contributed by atoms with Gasteiger partial charge in [0, 0.05) is 5.56 Å². The molecule has 0 atom stereocenters. The third-order valence-electron chi connectivity index (χ3n) is 3.43. The van der Waals surface area contributed by atoms with Gasteiger partial charge in [0.1, 0.15) is 0 Å². The van der Waals surface area contributed by atoms with Gasteiger partial charge in [0.2, 0.25) is 0 Å². The monoisotopic (exact) mass is 282 g/mol. The maximum atomic E-state index is 11.3. The number of hydrogen-bond donors (Lipinski definition) is 1. The van der Waals surface area contributed by atoms with Crippen LogP contribution >= 0.6 is 0 Å². The number of aliphatic carboxylic acids is 1. The summed E-state index contributed by atoms with van der Waals surface area (Å²) in [5.41, 5.74) is 3.55. The van der Waals surface area contributed by atoms with Crippen LogP contribution in [0.1, 0.15) is 36.7 Å². The van der Waals surface area contributed by atoms with Crippen LogP contribution < -0.4 is 0 Å². The van der Waals surface area contributed by atoms with Gasteiger partial charge >= 0.3 is 5.97 Å². The smallest absolute Gasteiger partial charge is 0.377 e. The zero-order valence-corrected chi connectivity index (χ0v) is 12.4. The van der Waals surface area contributed by atoms with E-state index in [4.69, 9.17) is 5.11 Å². The number of carbonyl (C=O) groups is 2. The van der Waals surface area contributed by atoms with E-state index in [1.54, 1.807) is 24.3 Å². The van der Waals surface area contributed by atoms with Gasteiger partial charge in [-0.05, 0) is 22.1 Å². The number of ketones is 1. The Morgan fingerprint density at radius 3 is 1.62 bits per heavy atom. The van der Waals surface area contributed by atoms with Gasteiger partial charge in [0.05, 0.1) is 0 Å². The molecule has 0 bridgehead atoms. The van der Waals surface area contributed by atoms with Crippen molar-refractivity contribution in [1.29, 1.82) is 0 Å². The summed E-state index contributed by atoms with van der Waals surface area (Å²) in [7, 11) is 0. The Morgan fingerprint density at radius 2 is 1.24 bits per heavy atom. The third kappa shape index (κ3) is 3.37. The molecule has 0 fully saturated rings. The van der Waals surface area contributed by atoms with Crippen LogP contribution in [0.25, 0.3) is 11.1 Å². The Labute approximate surface area is 124 Å². The fourth-order valence-electron chi connectivity index (χ4n) is 2.10. The maximum Gasteiger partial charge on any atom is 0.377 e. The normalized spacial score (nSPS) is 11.2.